The van der Waals surface area contributed by atoms with Crippen molar-refractivity contribution in [2.24, 2.45) is 5.92 Å². The highest BCUT2D eigenvalue weighted by molar-refractivity contribution is 7.89. The first-order valence-corrected chi connectivity index (χ1v) is 7.97. The van der Waals surface area contributed by atoms with Crippen LogP contribution in [0.4, 0.5) is 10.1 Å². The van der Waals surface area contributed by atoms with Crippen LogP contribution < -0.4 is 10.0 Å². The van der Waals surface area contributed by atoms with Crippen LogP contribution in [0, 0.1) is 21.8 Å². The number of rotatable bonds is 4. The summed E-state index contributed by atoms with van der Waals surface area (Å²) in [6, 6.07) is 2.71. The number of piperidine rings is 1. The summed E-state index contributed by atoms with van der Waals surface area (Å²) in [5, 5.41) is 14.0. The van der Waals surface area contributed by atoms with E-state index in [0.717, 1.165) is 18.2 Å². The zero-order valence-corrected chi connectivity index (χ0v) is 13.4. The minimum absolute atomic E-state index is 0. The van der Waals surface area contributed by atoms with Gasteiger partial charge in [0.05, 0.1) is 4.92 Å². The van der Waals surface area contributed by atoms with Crippen molar-refractivity contribution in [3.05, 3.63) is 34.1 Å². The number of benzene rings is 1. The van der Waals surface area contributed by atoms with Gasteiger partial charge in [0.25, 0.3) is 0 Å². The van der Waals surface area contributed by atoms with Crippen LogP contribution in [0.2, 0.25) is 0 Å². The average Bonchev–Trinajstić information content (AvgIpc) is 2.40. The lowest BCUT2D eigenvalue weighted by atomic mass is 9.97. The van der Waals surface area contributed by atoms with Gasteiger partial charge >= 0.3 is 5.69 Å². The topological polar surface area (TPSA) is 101 Å². The van der Waals surface area contributed by atoms with Gasteiger partial charge in [-0.15, -0.1) is 12.4 Å². The highest BCUT2D eigenvalue weighted by atomic mass is 35.5. The summed E-state index contributed by atoms with van der Waals surface area (Å²) in [6.45, 7) is 3.18. The van der Waals surface area contributed by atoms with Gasteiger partial charge in [-0.25, -0.2) is 13.1 Å². The van der Waals surface area contributed by atoms with Crippen LogP contribution in [0.25, 0.3) is 0 Å². The Kier molecular flexibility index (Phi) is 6.24. The Balaban J connectivity index is 0.00000242. The van der Waals surface area contributed by atoms with Crippen molar-refractivity contribution in [3.8, 4) is 0 Å². The maximum Gasteiger partial charge on any atom is 0.324 e. The highest BCUT2D eigenvalue weighted by Gasteiger charge is 2.33. The normalized spacial score (nSPS) is 21.9. The molecule has 7 nitrogen and oxygen atoms in total. The molecule has 0 saturated carbocycles. The van der Waals surface area contributed by atoms with E-state index >= 15 is 0 Å². The van der Waals surface area contributed by atoms with E-state index < -0.39 is 31.3 Å². The molecule has 0 bridgehead atoms. The molecule has 1 aliphatic heterocycles. The fraction of sp³-hybridized carbons (Fsp3) is 0.500. The Bertz CT molecular complexity index is 656. The van der Waals surface area contributed by atoms with Crippen molar-refractivity contribution in [1.29, 1.82) is 0 Å². The summed E-state index contributed by atoms with van der Waals surface area (Å²) in [6.07, 6.45) is 0.573. The lowest BCUT2D eigenvalue weighted by Crippen LogP contribution is -2.48. The van der Waals surface area contributed by atoms with Crippen LogP contribution in [-0.2, 0) is 10.0 Å². The van der Waals surface area contributed by atoms with E-state index in [9.17, 15) is 22.9 Å². The van der Waals surface area contributed by atoms with E-state index in [-0.39, 0.29) is 24.4 Å². The molecule has 2 N–H and O–H groups in total. The first-order chi connectivity index (χ1) is 9.83. The third-order valence-corrected chi connectivity index (χ3v) is 5.04. The maximum absolute atomic E-state index is 13.5. The predicted molar refractivity (Wildman–Crippen MR) is 81.1 cm³/mol. The van der Waals surface area contributed by atoms with Crippen molar-refractivity contribution in [2.75, 3.05) is 13.1 Å². The molecule has 1 saturated heterocycles. The SMILES string of the molecule is CC1CNCCC1NS(=O)(=O)c1cccc(F)c1[N+](=O)[O-].Cl. The molecule has 0 spiro atoms. The Morgan fingerprint density at radius 1 is 1.45 bits per heavy atom. The predicted octanol–water partition coefficient (Wildman–Crippen LogP) is 1.43. The quantitative estimate of drug-likeness (QED) is 0.630. The lowest BCUT2D eigenvalue weighted by molar-refractivity contribution is -0.390. The zero-order valence-electron chi connectivity index (χ0n) is 11.8. The molecule has 2 unspecified atom stereocenters. The summed E-state index contributed by atoms with van der Waals surface area (Å²) in [7, 11) is -4.15. The van der Waals surface area contributed by atoms with Gasteiger partial charge in [-0.3, -0.25) is 10.1 Å². The summed E-state index contributed by atoms with van der Waals surface area (Å²) in [5.74, 6) is -1.12. The Morgan fingerprint density at radius 3 is 2.73 bits per heavy atom. The van der Waals surface area contributed by atoms with Gasteiger partial charge in [-0.05, 0) is 37.6 Å². The number of hydrogen-bond donors (Lipinski definition) is 2. The molecule has 1 aliphatic rings. The molecule has 2 atom stereocenters. The van der Waals surface area contributed by atoms with Crippen LogP contribution in [0.3, 0.4) is 0 Å². The standard InChI is InChI=1S/C12H16FN3O4S.ClH/c1-8-7-14-6-5-10(8)15-21(19,20)11-4-2-3-9(13)12(11)16(17)18;/h2-4,8,10,14-15H,5-7H2,1H3;1H. The second-order valence-electron chi connectivity index (χ2n) is 5.04. The van der Waals surface area contributed by atoms with Gasteiger partial charge in [0, 0.05) is 6.04 Å². The molecule has 1 aromatic rings. The van der Waals surface area contributed by atoms with Crippen LogP contribution in [0.15, 0.2) is 23.1 Å². The lowest BCUT2D eigenvalue weighted by Gasteiger charge is -2.29. The van der Waals surface area contributed by atoms with Gasteiger partial charge in [-0.2, -0.15) is 4.39 Å². The third-order valence-electron chi connectivity index (χ3n) is 3.51. The average molecular weight is 354 g/mol. The largest absolute Gasteiger partial charge is 0.324 e. The summed E-state index contributed by atoms with van der Waals surface area (Å²) in [4.78, 5) is 9.25. The van der Waals surface area contributed by atoms with E-state index in [4.69, 9.17) is 0 Å². The zero-order chi connectivity index (χ0) is 15.6. The fourth-order valence-corrected chi connectivity index (χ4v) is 3.90. The molecular weight excluding hydrogens is 337 g/mol. The van der Waals surface area contributed by atoms with Crippen molar-refractivity contribution in [2.45, 2.75) is 24.3 Å². The number of nitrogens with one attached hydrogen (secondary N) is 2. The molecule has 2 rings (SSSR count). The molecule has 1 heterocycles. The molecule has 0 aromatic heterocycles. The Hall–Kier alpha value is -1.29. The number of para-hydroxylation sites is 1. The summed E-state index contributed by atoms with van der Waals surface area (Å²) < 4.78 is 40.6. The molecule has 22 heavy (non-hydrogen) atoms. The monoisotopic (exact) mass is 353 g/mol. The van der Waals surface area contributed by atoms with E-state index in [2.05, 4.69) is 10.0 Å². The van der Waals surface area contributed by atoms with Crippen LogP contribution in [0.5, 0.6) is 0 Å². The van der Waals surface area contributed by atoms with Crippen molar-refractivity contribution >= 4 is 28.1 Å². The number of nitrogens with zero attached hydrogens (tertiary/aromatic N) is 1. The molecule has 0 radical (unpaired) electrons. The first-order valence-electron chi connectivity index (χ1n) is 6.49. The second kappa shape index (κ2) is 7.32. The number of sulfonamides is 1. The van der Waals surface area contributed by atoms with E-state index in [0.29, 0.717) is 19.5 Å². The van der Waals surface area contributed by atoms with Crippen molar-refractivity contribution in [3.63, 3.8) is 0 Å². The number of hydrogen-bond acceptors (Lipinski definition) is 5. The number of halogens is 2. The van der Waals surface area contributed by atoms with Gasteiger partial charge in [0.15, 0.2) is 4.90 Å². The fourth-order valence-electron chi connectivity index (χ4n) is 2.34. The highest BCUT2D eigenvalue weighted by Crippen LogP contribution is 2.27. The minimum Gasteiger partial charge on any atom is -0.316 e. The molecule has 0 aliphatic carbocycles. The first kappa shape index (κ1) is 18.8. The Labute approximate surface area is 133 Å². The van der Waals surface area contributed by atoms with Crippen molar-refractivity contribution < 1.29 is 17.7 Å². The van der Waals surface area contributed by atoms with E-state index in [1.165, 1.54) is 0 Å². The second-order valence-corrected chi connectivity index (χ2v) is 6.72. The Morgan fingerprint density at radius 2 is 2.14 bits per heavy atom. The molecule has 0 amide bonds. The van der Waals surface area contributed by atoms with Gasteiger partial charge in [-0.1, -0.05) is 13.0 Å². The summed E-state index contributed by atoms with van der Waals surface area (Å²) >= 11 is 0. The molecular formula is C12H17ClFN3O4S. The smallest absolute Gasteiger partial charge is 0.316 e. The molecule has 10 heteroatoms. The van der Waals surface area contributed by atoms with Crippen LogP contribution >= 0.6 is 12.4 Å². The molecule has 124 valence electrons. The molecule has 1 fully saturated rings. The molecule has 1 aromatic carbocycles. The van der Waals surface area contributed by atoms with Gasteiger partial charge < -0.3 is 5.32 Å². The number of nitro benzene ring substituents is 1. The summed E-state index contributed by atoms with van der Waals surface area (Å²) in [5.41, 5.74) is -1.02. The maximum atomic E-state index is 13.5. The van der Waals surface area contributed by atoms with E-state index in [1.807, 2.05) is 6.92 Å². The minimum atomic E-state index is -4.15. The van der Waals surface area contributed by atoms with Gasteiger partial charge in [0.1, 0.15) is 0 Å². The number of nitro groups is 1. The van der Waals surface area contributed by atoms with Gasteiger partial charge in [0.2, 0.25) is 15.8 Å². The van der Waals surface area contributed by atoms with Crippen LogP contribution in [0.1, 0.15) is 13.3 Å². The van der Waals surface area contributed by atoms with E-state index in [1.54, 1.807) is 0 Å². The van der Waals surface area contributed by atoms with Crippen molar-refractivity contribution in [1.82, 2.24) is 10.0 Å². The van der Waals surface area contributed by atoms with Crippen LogP contribution in [-0.4, -0.2) is 32.5 Å². The third kappa shape index (κ3) is 3.92.